The highest BCUT2D eigenvalue weighted by molar-refractivity contribution is 6.30. The summed E-state index contributed by atoms with van der Waals surface area (Å²) in [5.74, 6) is 0.893. The first-order valence-corrected chi connectivity index (χ1v) is 9.77. The summed E-state index contributed by atoms with van der Waals surface area (Å²) >= 11 is 5.97. The van der Waals surface area contributed by atoms with Crippen LogP contribution in [0, 0.1) is 0 Å². The van der Waals surface area contributed by atoms with E-state index in [0.29, 0.717) is 22.4 Å². The minimum atomic E-state index is -0.537. The Morgan fingerprint density at radius 2 is 1.82 bits per heavy atom. The summed E-state index contributed by atoms with van der Waals surface area (Å²) < 4.78 is 7.32. The van der Waals surface area contributed by atoms with Gasteiger partial charge in [0.1, 0.15) is 0 Å². The topological polar surface area (TPSA) is 56.1 Å². The fourth-order valence-electron chi connectivity index (χ4n) is 2.91. The smallest absolute Gasteiger partial charge is 0.406 e. The van der Waals surface area contributed by atoms with Gasteiger partial charge >= 0.3 is 6.09 Å². The van der Waals surface area contributed by atoms with Crippen LogP contribution in [0.1, 0.15) is 44.4 Å². The zero-order chi connectivity index (χ0) is 20.1. The largest absolute Gasteiger partial charge is 0.417 e. The van der Waals surface area contributed by atoms with E-state index < -0.39 is 6.09 Å². The number of aromatic nitrogens is 2. The fourth-order valence-corrected chi connectivity index (χ4v) is 3.04. The average Bonchev–Trinajstić information content (AvgIpc) is 3.05. The van der Waals surface area contributed by atoms with Crippen molar-refractivity contribution in [1.82, 2.24) is 9.78 Å². The van der Waals surface area contributed by atoms with E-state index in [-0.39, 0.29) is 0 Å². The molecule has 0 saturated heterocycles. The van der Waals surface area contributed by atoms with Gasteiger partial charge in [-0.15, -0.1) is 0 Å². The maximum Gasteiger partial charge on any atom is 0.417 e. The van der Waals surface area contributed by atoms with Crippen LogP contribution >= 0.6 is 11.6 Å². The molecule has 2 aromatic carbocycles. The van der Waals surface area contributed by atoms with E-state index in [1.54, 1.807) is 10.9 Å². The van der Waals surface area contributed by atoms with Crippen molar-refractivity contribution in [1.29, 1.82) is 0 Å². The van der Waals surface area contributed by atoms with Gasteiger partial charge in [-0.3, -0.25) is 5.32 Å². The van der Waals surface area contributed by atoms with Crippen molar-refractivity contribution in [3.63, 3.8) is 0 Å². The lowest BCUT2D eigenvalue weighted by molar-refractivity contribution is 0.214. The average molecular weight is 398 g/mol. The molecule has 0 aliphatic rings. The monoisotopic (exact) mass is 397 g/mol. The number of amides is 1. The molecular weight excluding hydrogens is 374 g/mol. The van der Waals surface area contributed by atoms with Gasteiger partial charge in [0.05, 0.1) is 17.6 Å². The van der Waals surface area contributed by atoms with Crippen LogP contribution in [0.3, 0.4) is 0 Å². The Morgan fingerprint density at radius 3 is 2.43 bits per heavy atom. The molecule has 0 bridgehead atoms. The number of benzene rings is 2. The third-order valence-electron chi connectivity index (χ3n) is 4.41. The van der Waals surface area contributed by atoms with Gasteiger partial charge in [0, 0.05) is 10.7 Å². The molecule has 0 spiro atoms. The molecule has 146 valence electrons. The van der Waals surface area contributed by atoms with Crippen molar-refractivity contribution in [2.45, 2.75) is 39.5 Å². The first-order valence-electron chi connectivity index (χ1n) is 9.39. The van der Waals surface area contributed by atoms with Gasteiger partial charge in [-0.1, -0.05) is 50.9 Å². The highest BCUT2D eigenvalue weighted by Crippen LogP contribution is 2.25. The van der Waals surface area contributed by atoms with Gasteiger partial charge in [-0.25, -0.2) is 9.48 Å². The molecule has 3 rings (SSSR count). The zero-order valence-corrected chi connectivity index (χ0v) is 17.0. The molecular formula is C22H24ClN3O2. The van der Waals surface area contributed by atoms with E-state index in [9.17, 15) is 4.79 Å². The van der Waals surface area contributed by atoms with Gasteiger partial charge in [0.2, 0.25) is 0 Å². The number of nitrogens with zero attached hydrogens (tertiary/aromatic N) is 2. The number of rotatable bonds is 6. The Hall–Kier alpha value is -2.79. The molecule has 0 saturated carbocycles. The summed E-state index contributed by atoms with van der Waals surface area (Å²) in [6.07, 6.45) is 2.66. The number of hydrogen-bond donors (Lipinski definition) is 1. The van der Waals surface area contributed by atoms with Gasteiger partial charge in [0.15, 0.2) is 5.75 Å². The molecule has 1 N–H and O–H groups in total. The van der Waals surface area contributed by atoms with Crippen LogP contribution in [0.15, 0.2) is 54.7 Å². The van der Waals surface area contributed by atoms with Gasteiger partial charge in [0.25, 0.3) is 0 Å². The van der Waals surface area contributed by atoms with Crippen molar-refractivity contribution >= 4 is 23.4 Å². The highest BCUT2D eigenvalue weighted by Gasteiger charge is 2.16. The Kier molecular flexibility index (Phi) is 6.37. The Morgan fingerprint density at radius 1 is 1.14 bits per heavy atom. The summed E-state index contributed by atoms with van der Waals surface area (Å²) in [6, 6.07) is 15.1. The summed E-state index contributed by atoms with van der Waals surface area (Å²) in [5.41, 5.74) is 3.62. The highest BCUT2D eigenvalue weighted by atomic mass is 35.5. The molecule has 0 fully saturated rings. The summed E-state index contributed by atoms with van der Waals surface area (Å²) in [4.78, 5) is 12.4. The number of carbonyl (C=O) groups excluding carboxylic acids is 1. The lowest BCUT2D eigenvalue weighted by atomic mass is 10.0. The molecule has 1 aromatic heterocycles. The maximum absolute atomic E-state index is 12.4. The van der Waals surface area contributed by atoms with Crippen LogP contribution in [0.25, 0.3) is 5.69 Å². The zero-order valence-electron chi connectivity index (χ0n) is 16.3. The number of carbonyl (C=O) groups is 1. The van der Waals surface area contributed by atoms with E-state index in [1.807, 2.05) is 48.5 Å². The van der Waals surface area contributed by atoms with Crippen molar-refractivity contribution in [2.24, 2.45) is 0 Å². The first kappa shape index (κ1) is 20.0. The minimum Gasteiger partial charge on any atom is -0.406 e. The van der Waals surface area contributed by atoms with E-state index >= 15 is 0 Å². The Balaban J connectivity index is 1.75. The second-order valence-electron chi connectivity index (χ2n) is 6.88. The lowest BCUT2D eigenvalue weighted by Crippen LogP contribution is -2.17. The maximum atomic E-state index is 12.4. The van der Waals surface area contributed by atoms with Crippen LogP contribution in [-0.4, -0.2) is 15.9 Å². The second-order valence-corrected chi connectivity index (χ2v) is 7.32. The summed E-state index contributed by atoms with van der Waals surface area (Å²) in [6.45, 7) is 6.33. The van der Waals surface area contributed by atoms with E-state index in [4.69, 9.17) is 16.3 Å². The molecule has 0 radical (unpaired) electrons. The van der Waals surface area contributed by atoms with Crippen molar-refractivity contribution in [2.75, 3.05) is 5.32 Å². The fraction of sp³-hybridized carbons (Fsp3) is 0.273. The predicted octanol–water partition coefficient (Wildman–Crippen LogP) is 6.21. The molecule has 6 heteroatoms. The normalized spacial score (nSPS) is 10.9. The quantitative estimate of drug-likeness (QED) is 0.537. The van der Waals surface area contributed by atoms with Crippen molar-refractivity contribution < 1.29 is 9.53 Å². The molecule has 0 aliphatic heterocycles. The van der Waals surface area contributed by atoms with Crippen LogP contribution in [0.2, 0.25) is 5.02 Å². The molecule has 1 heterocycles. The van der Waals surface area contributed by atoms with Gasteiger partial charge in [-0.2, -0.15) is 5.10 Å². The number of ether oxygens (including phenoxy) is 1. The number of nitrogens with one attached hydrogen (secondary N) is 1. The lowest BCUT2D eigenvalue weighted by Gasteiger charge is -2.11. The number of hydrogen-bond acceptors (Lipinski definition) is 3. The predicted molar refractivity (Wildman–Crippen MR) is 113 cm³/mol. The molecule has 0 unspecified atom stereocenters. The standard InChI is InChI=1S/C22H24ClN3O2/c1-4-5-20-21(14-24-26(20)19-12-8-17(23)9-13-19)28-22(27)25-18-10-6-16(7-11-18)15(2)3/h6-15H,4-5H2,1-3H3,(H,25,27). The van der Waals surface area contributed by atoms with Crippen molar-refractivity contribution in [3.05, 3.63) is 71.0 Å². The van der Waals surface area contributed by atoms with Crippen molar-refractivity contribution in [3.8, 4) is 11.4 Å². The van der Waals surface area contributed by atoms with Gasteiger partial charge in [-0.05, 0) is 54.3 Å². The van der Waals surface area contributed by atoms with Crippen LogP contribution in [-0.2, 0) is 6.42 Å². The molecule has 5 nitrogen and oxygen atoms in total. The minimum absolute atomic E-state index is 0.441. The van der Waals surface area contributed by atoms with E-state index in [0.717, 1.165) is 24.2 Å². The summed E-state index contributed by atoms with van der Waals surface area (Å²) in [7, 11) is 0. The van der Waals surface area contributed by atoms with Crippen LogP contribution in [0.4, 0.5) is 10.5 Å². The number of anilines is 1. The molecule has 1 amide bonds. The third-order valence-corrected chi connectivity index (χ3v) is 4.67. The van der Waals surface area contributed by atoms with Gasteiger partial charge < -0.3 is 4.74 Å². The Bertz CT molecular complexity index is 931. The SMILES string of the molecule is CCCc1c(OC(=O)Nc2ccc(C(C)C)cc2)cnn1-c1ccc(Cl)cc1. The summed E-state index contributed by atoms with van der Waals surface area (Å²) in [5, 5.41) is 7.82. The molecule has 3 aromatic rings. The molecule has 0 atom stereocenters. The molecule has 28 heavy (non-hydrogen) atoms. The third kappa shape index (κ3) is 4.73. The Labute approximate surface area is 170 Å². The van der Waals surface area contributed by atoms with Crippen LogP contribution in [0.5, 0.6) is 5.75 Å². The van der Waals surface area contributed by atoms with E-state index in [2.05, 4.69) is 31.2 Å². The van der Waals surface area contributed by atoms with Crippen LogP contribution < -0.4 is 10.1 Å². The van der Waals surface area contributed by atoms with E-state index in [1.165, 1.54) is 5.56 Å². The molecule has 0 aliphatic carbocycles. The number of halogens is 1. The second kappa shape index (κ2) is 8.93. The first-order chi connectivity index (χ1) is 13.5.